The molecule has 1 aromatic carbocycles. The molecule has 1 fully saturated rings. The summed E-state index contributed by atoms with van der Waals surface area (Å²) in [6, 6.07) is 6.29. The number of ether oxygens (including phenoxy) is 4. The molecule has 4 N–H and O–H groups in total. The maximum absolute atomic E-state index is 13.7. The predicted octanol–water partition coefficient (Wildman–Crippen LogP) is 6.11. The third-order valence-electron chi connectivity index (χ3n) is 9.35. The number of carboxylic acids is 1. The molecule has 0 aliphatic carbocycles. The van der Waals surface area contributed by atoms with E-state index in [0.29, 0.717) is 32.0 Å². The fourth-order valence-corrected chi connectivity index (χ4v) is 6.20. The van der Waals surface area contributed by atoms with E-state index < -0.39 is 41.1 Å². The van der Waals surface area contributed by atoms with Crippen LogP contribution in [0.3, 0.4) is 0 Å². The van der Waals surface area contributed by atoms with Gasteiger partial charge < -0.3 is 39.8 Å². The number of rotatable bonds is 28. The normalized spacial score (nSPS) is 16.5. The lowest BCUT2D eigenvalue weighted by atomic mass is 9.83. The summed E-state index contributed by atoms with van der Waals surface area (Å²) >= 11 is 0. The first kappa shape index (κ1) is 43.2. The van der Waals surface area contributed by atoms with E-state index in [2.05, 4.69) is 24.5 Å². The first-order valence-electron chi connectivity index (χ1n) is 18.8. The maximum atomic E-state index is 13.7. The number of aliphatic hydroxyl groups is 1. The Labute approximate surface area is 299 Å². The van der Waals surface area contributed by atoms with Gasteiger partial charge in [-0.2, -0.15) is 0 Å². The van der Waals surface area contributed by atoms with Crippen molar-refractivity contribution >= 4 is 17.8 Å². The van der Waals surface area contributed by atoms with E-state index in [9.17, 15) is 24.6 Å². The number of carbonyl (C=O) groups is 3. The van der Waals surface area contributed by atoms with Crippen LogP contribution in [0.25, 0.3) is 0 Å². The Balaban J connectivity index is 2.02. The molecule has 3 atom stereocenters. The largest absolute Gasteiger partial charge is 0.494 e. The van der Waals surface area contributed by atoms with E-state index in [1.165, 1.54) is 45.9 Å². The Kier molecular flexibility index (Phi) is 20.9. The third-order valence-corrected chi connectivity index (χ3v) is 9.35. The van der Waals surface area contributed by atoms with Crippen LogP contribution in [0.2, 0.25) is 0 Å². The quantitative estimate of drug-likeness (QED) is 0.0598. The topological polar surface area (TPSA) is 153 Å². The van der Waals surface area contributed by atoms with Crippen LogP contribution in [0.5, 0.6) is 5.75 Å². The number of carbonyl (C=O) groups excluding carboxylic acids is 2. The zero-order valence-electron chi connectivity index (χ0n) is 31.0. The zero-order valence-corrected chi connectivity index (χ0v) is 31.0. The van der Waals surface area contributed by atoms with Crippen LogP contribution >= 0.6 is 0 Å². The van der Waals surface area contributed by atoms with Gasteiger partial charge in [-0.15, -0.1) is 0 Å². The second-order valence-electron chi connectivity index (χ2n) is 13.3. The first-order valence-corrected chi connectivity index (χ1v) is 18.8. The average Bonchev–Trinajstić information content (AvgIpc) is 3.58. The Morgan fingerprint density at radius 3 is 2.10 bits per heavy atom. The summed E-state index contributed by atoms with van der Waals surface area (Å²) in [5.74, 6) is -3.92. The van der Waals surface area contributed by atoms with Crippen LogP contribution in [-0.2, 0) is 35.0 Å². The van der Waals surface area contributed by atoms with Crippen molar-refractivity contribution in [3.05, 3.63) is 42.0 Å². The molecule has 1 aliphatic heterocycles. The SMILES string of the molecule is CCCCCCCC1(CCCCCCC=C[C@H](C(=O)N[C@@H](Cc2ccc(OCCCC)cc2)C(=O)NC)[C@@](O)(CCOC)C(=O)O)OCCO1. The number of carboxylic acid groups (broad SMARTS) is 1. The molecule has 1 aliphatic rings. The number of hydrogen-bond acceptors (Lipinski definition) is 8. The summed E-state index contributed by atoms with van der Waals surface area (Å²) in [7, 11) is 2.87. The lowest BCUT2D eigenvalue weighted by Gasteiger charge is -2.31. The molecule has 11 nitrogen and oxygen atoms in total. The van der Waals surface area contributed by atoms with Crippen LogP contribution < -0.4 is 15.4 Å². The van der Waals surface area contributed by atoms with Crippen molar-refractivity contribution in [2.45, 2.75) is 134 Å². The minimum Gasteiger partial charge on any atom is -0.494 e. The highest BCUT2D eigenvalue weighted by molar-refractivity contribution is 5.93. The molecule has 1 heterocycles. The summed E-state index contributed by atoms with van der Waals surface area (Å²) < 4.78 is 22.9. The molecule has 0 bridgehead atoms. The molecular weight excluding hydrogens is 640 g/mol. The highest BCUT2D eigenvalue weighted by atomic mass is 16.7. The average molecular weight is 705 g/mol. The van der Waals surface area contributed by atoms with Gasteiger partial charge in [-0.25, -0.2) is 4.79 Å². The molecule has 0 spiro atoms. The van der Waals surface area contributed by atoms with E-state index in [1.807, 2.05) is 24.3 Å². The molecule has 1 aromatic rings. The molecule has 0 unspecified atom stereocenters. The Hall–Kier alpha value is -2.99. The molecule has 0 radical (unpaired) electrons. The molecule has 0 aromatic heterocycles. The van der Waals surface area contributed by atoms with Gasteiger partial charge in [0, 0.05) is 46.4 Å². The van der Waals surface area contributed by atoms with E-state index in [0.717, 1.165) is 63.4 Å². The van der Waals surface area contributed by atoms with Crippen LogP contribution in [0.15, 0.2) is 36.4 Å². The molecule has 0 saturated carbocycles. The molecule has 2 amide bonds. The van der Waals surface area contributed by atoms with Crippen molar-refractivity contribution in [2.24, 2.45) is 5.92 Å². The van der Waals surface area contributed by atoms with Gasteiger partial charge in [-0.1, -0.05) is 83.1 Å². The van der Waals surface area contributed by atoms with Crippen molar-refractivity contribution < 1.29 is 43.5 Å². The van der Waals surface area contributed by atoms with E-state index in [4.69, 9.17) is 18.9 Å². The van der Waals surface area contributed by atoms with Crippen LogP contribution in [-0.4, -0.2) is 86.0 Å². The molecular formula is C39H64N2O9. The summed E-state index contributed by atoms with van der Waals surface area (Å²) in [6.45, 7) is 6.14. The minimum atomic E-state index is -2.44. The van der Waals surface area contributed by atoms with Gasteiger partial charge in [0.1, 0.15) is 11.8 Å². The Morgan fingerprint density at radius 1 is 0.900 bits per heavy atom. The number of amides is 2. The van der Waals surface area contributed by atoms with E-state index in [-0.39, 0.29) is 19.4 Å². The smallest absolute Gasteiger partial charge is 0.336 e. The molecule has 284 valence electrons. The van der Waals surface area contributed by atoms with Crippen LogP contribution in [0.4, 0.5) is 0 Å². The molecule has 2 rings (SSSR count). The Bertz CT molecular complexity index is 1140. The van der Waals surface area contributed by atoms with Gasteiger partial charge in [0.25, 0.3) is 0 Å². The van der Waals surface area contributed by atoms with Gasteiger partial charge in [-0.3, -0.25) is 9.59 Å². The fourth-order valence-electron chi connectivity index (χ4n) is 6.20. The fraction of sp³-hybridized carbons (Fsp3) is 0.718. The molecule has 11 heteroatoms. The van der Waals surface area contributed by atoms with Gasteiger partial charge in [0.2, 0.25) is 11.8 Å². The molecule has 50 heavy (non-hydrogen) atoms. The zero-order chi connectivity index (χ0) is 36.7. The Morgan fingerprint density at radius 2 is 1.52 bits per heavy atom. The monoisotopic (exact) mass is 704 g/mol. The highest BCUT2D eigenvalue weighted by Crippen LogP contribution is 2.32. The van der Waals surface area contributed by atoms with Crippen molar-refractivity contribution in [2.75, 3.05) is 40.6 Å². The highest BCUT2D eigenvalue weighted by Gasteiger charge is 2.47. The second kappa shape index (κ2) is 24.2. The van der Waals surface area contributed by atoms with E-state index in [1.54, 1.807) is 6.08 Å². The lowest BCUT2D eigenvalue weighted by Crippen LogP contribution is -2.56. The number of methoxy groups -OCH3 is 1. The summed E-state index contributed by atoms with van der Waals surface area (Å²) in [5, 5.41) is 26.7. The van der Waals surface area contributed by atoms with Crippen molar-refractivity contribution in [1.82, 2.24) is 10.6 Å². The molecule has 1 saturated heterocycles. The van der Waals surface area contributed by atoms with Crippen LogP contribution in [0, 0.1) is 5.92 Å². The third kappa shape index (κ3) is 15.1. The van der Waals surface area contributed by atoms with Crippen molar-refractivity contribution in [1.29, 1.82) is 0 Å². The summed E-state index contributed by atoms with van der Waals surface area (Å²) in [6.07, 6.45) is 17.2. The maximum Gasteiger partial charge on any atom is 0.336 e. The van der Waals surface area contributed by atoms with Gasteiger partial charge in [-0.05, 0) is 49.8 Å². The standard InChI is InChI=1S/C39H64N2O9/c1-5-7-9-13-16-23-38(49-28-29-50-38)24-17-14-11-10-12-15-18-33(39(46,37(44)45)25-27-47-4)35(42)41-34(36(43)40-3)30-31-19-21-32(22-20-31)48-26-8-6-2/h15,18-22,33-34,46H,5-14,16-17,23-30H2,1-4H3,(H,40,43)(H,41,42)(H,44,45)/t33-,34+,39+/m1/s1. The number of hydrogen-bond donors (Lipinski definition) is 4. The number of allylic oxidation sites excluding steroid dienone is 1. The van der Waals surface area contributed by atoms with Crippen LogP contribution in [0.1, 0.15) is 116 Å². The van der Waals surface area contributed by atoms with Gasteiger partial charge in [0.05, 0.1) is 25.7 Å². The number of benzene rings is 1. The number of likely N-dealkylation sites (N-methyl/N-ethyl adjacent to an activating group) is 1. The van der Waals surface area contributed by atoms with Crippen molar-refractivity contribution in [3.63, 3.8) is 0 Å². The first-order chi connectivity index (χ1) is 24.1. The summed E-state index contributed by atoms with van der Waals surface area (Å²) in [4.78, 5) is 39.0. The van der Waals surface area contributed by atoms with Crippen molar-refractivity contribution in [3.8, 4) is 5.75 Å². The lowest BCUT2D eigenvalue weighted by molar-refractivity contribution is -0.169. The predicted molar refractivity (Wildman–Crippen MR) is 194 cm³/mol. The van der Waals surface area contributed by atoms with Gasteiger partial charge in [0.15, 0.2) is 11.4 Å². The summed E-state index contributed by atoms with van der Waals surface area (Å²) in [5.41, 5.74) is -1.65. The number of unbranched alkanes of at least 4 members (excludes halogenated alkanes) is 9. The number of nitrogens with one attached hydrogen (secondary N) is 2. The minimum absolute atomic E-state index is 0.0698. The van der Waals surface area contributed by atoms with E-state index >= 15 is 0 Å². The number of aliphatic carboxylic acids is 1. The second-order valence-corrected chi connectivity index (χ2v) is 13.3. The van der Waals surface area contributed by atoms with Gasteiger partial charge >= 0.3 is 5.97 Å².